The second-order valence-corrected chi connectivity index (χ2v) is 7.83. The average Bonchev–Trinajstić information content (AvgIpc) is 3.45. The highest BCUT2D eigenvalue weighted by molar-refractivity contribution is 6.03. The standard InChI is InChI=1S/C24H26N4O4/c1-15-7-9-17(10-8-15)28-23(25)19(13-26-28)21(29)16-11-12-27(14-16)24(30)18-5-4-6-20(31-2)22(18)32-3/h4-10,13,16H,11-12,14,25H2,1-3H3/t16-/m0/s1. The first-order chi connectivity index (χ1) is 15.4. The van der Waals surface area contributed by atoms with Gasteiger partial charge in [-0.2, -0.15) is 5.10 Å². The molecule has 0 radical (unpaired) electrons. The van der Waals surface area contributed by atoms with Crippen molar-refractivity contribution in [2.24, 2.45) is 5.92 Å². The molecule has 1 aliphatic rings. The number of hydrogen-bond donors (Lipinski definition) is 1. The third-order valence-corrected chi connectivity index (χ3v) is 5.83. The fourth-order valence-electron chi connectivity index (χ4n) is 4.04. The molecular formula is C24H26N4O4. The number of para-hydroxylation sites is 1. The van der Waals surface area contributed by atoms with Gasteiger partial charge in [0.15, 0.2) is 17.3 Å². The van der Waals surface area contributed by atoms with Crippen LogP contribution in [0.5, 0.6) is 11.5 Å². The van der Waals surface area contributed by atoms with Gasteiger partial charge in [-0.05, 0) is 37.6 Å². The highest BCUT2D eigenvalue weighted by Crippen LogP contribution is 2.33. The van der Waals surface area contributed by atoms with Gasteiger partial charge in [-0.25, -0.2) is 4.68 Å². The number of aryl methyl sites for hydroxylation is 1. The molecule has 0 aliphatic carbocycles. The molecule has 1 fully saturated rings. The Hall–Kier alpha value is -3.81. The van der Waals surface area contributed by atoms with E-state index in [1.165, 1.54) is 20.4 Å². The van der Waals surface area contributed by atoms with Crippen LogP contribution in [-0.2, 0) is 0 Å². The second-order valence-electron chi connectivity index (χ2n) is 7.83. The number of aromatic nitrogens is 2. The molecule has 166 valence electrons. The third kappa shape index (κ3) is 3.79. The van der Waals surface area contributed by atoms with Crippen LogP contribution in [0.25, 0.3) is 5.69 Å². The number of benzene rings is 2. The molecule has 2 heterocycles. The van der Waals surface area contributed by atoms with Crippen LogP contribution in [0.15, 0.2) is 48.7 Å². The number of likely N-dealkylation sites (tertiary alicyclic amines) is 1. The van der Waals surface area contributed by atoms with E-state index in [1.54, 1.807) is 27.8 Å². The van der Waals surface area contributed by atoms with Gasteiger partial charge in [0, 0.05) is 19.0 Å². The molecule has 3 aromatic rings. The number of ketones is 1. The summed E-state index contributed by atoms with van der Waals surface area (Å²) in [5.74, 6) is 0.541. The fraction of sp³-hybridized carbons (Fsp3) is 0.292. The molecule has 4 rings (SSSR count). The molecule has 1 amide bonds. The first-order valence-electron chi connectivity index (χ1n) is 10.4. The van der Waals surface area contributed by atoms with Gasteiger partial charge >= 0.3 is 0 Å². The Morgan fingerprint density at radius 1 is 1.06 bits per heavy atom. The lowest BCUT2D eigenvalue weighted by Gasteiger charge is -2.19. The maximum Gasteiger partial charge on any atom is 0.257 e. The van der Waals surface area contributed by atoms with Gasteiger partial charge in [0.25, 0.3) is 5.91 Å². The predicted octanol–water partition coefficient (Wildman–Crippen LogP) is 3.13. The molecule has 0 saturated carbocycles. The van der Waals surface area contributed by atoms with Crippen LogP contribution < -0.4 is 15.2 Å². The molecule has 0 unspecified atom stereocenters. The minimum Gasteiger partial charge on any atom is -0.493 e. The van der Waals surface area contributed by atoms with Crippen LogP contribution in [0.1, 0.15) is 32.7 Å². The summed E-state index contributed by atoms with van der Waals surface area (Å²) < 4.78 is 12.2. The second kappa shape index (κ2) is 8.74. The molecule has 8 nitrogen and oxygen atoms in total. The van der Waals surface area contributed by atoms with Crippen LogP contribution in [0.3, 0.4) is 0 Å². The smallest absolute Gasteiger partial charge is 0.257 e. The zero-order valence-electron chi connectivity index (χ0n) is 18.4. The van der Waals surface area contributed by atoms with Crippen molar-refractivity contribution in [1.82, 2.24) is 14.7 Å². The molecular weight excluding hydrogens is 408 g/mol. The zero-order valence-corrected chi connectivity index (χ0v) is 18.4. The van der Waals surface area contributed by atoms with Crippen molar-refractivity contribution in [3.05, 3.63) is 65.4 Å². The molecule has 1 atom stereocenters. The van der Waals surface area contributed by atoms with Crippen molar-refractivity contribution < 1.29 is 19.1 Å². The molecule has 8 heteroatoms. The summed E-state index contributed by atoms with van der Waals surface area (Å²) in [7, 11) is 3.03. The molecule has 1 aliphatic heterocycles. The summed E-state index contributed by atoms with van der Waals surface area (Å²) >= 11 is 0. The van der Waals surface area contributed by atoms with Crippen LogP contribution in [-0.4, -0.2) is 53.7 Å². The van der Waals surface area contributed by atoms with Crippen LogP contribution in [0, 0.1) is 12.8 Å². The van der Waals surface area contributed by atoms with Crippen LogP contribution in [0.4, 0.5) is 5.82 Å². The van der Waals surface area contributed by atoms with E-state index in [-0.39, 0.29) is 17.6 Å². The number of carbonyl (C=O) groups excluding carboxylic acids is 2. The topological polar surface area (TPSA) is 99.7 Å². The maximum absolute atomic E-state index is 13.2. The summed E-state index contributed by atoms with van der Waals surface area (Å²) in [5, 5.41) is 4.31. The molecule has 0 spiro atoms. The van der Waals surface area contributed by atoms with Gasteiger partial charge < -0.3 is 20.1 Å². The maximum atomic E-state index is 13.2. The Bertz CT molecular complexity index is 1150. The molecule has 0 bridgehead atoms. The number of ether oxygens (including phenoxy) is 2. The average molecular weight is 434 g/mol. The third-order valence-electron chi connectivity index (χ3n) is 5.83. The molecule has 2 aromatic carbocycles. The number of hydrogen-bond acceptors (Lipinski definition) is 6. The molecule has 32 heavy (non-hydrogen) atoms. The SMILES string of the molecule is COc1cccc(C(=O)N2CC[C@H](C(=O)c3cnn(-c4ccc(C)cc4)c3N)C2)c1OC. The van der Waals surface area contributed by atoms with Gasteiger partial charge in [-0.1, -0.05) is 23.8 Å². The van der Waals surface area contributed by atoms with E-state index < -0.39 is 0 Å². The van der Waals surface area contributed by atoms with Crippen molar-refractivity contribution in [3.63, 3.8) is 0 Å². The lowest BCUT2D eigenvalue weighted by molar-refractivity contribution is 0.0776. The lowest BCUT2D eigenvalue weighted by atomic mass is 9.98. The number of nitrogens with zero attached hydrogens (tertiary/aromatic N) is 3. The number of carbonyl (C=O) groups is 2. The molecule has 1 saturated heterocycles. The Kier molecular flexibility index (Phi) is 5.85. The number of nitrogen functional groups attached to an aromatic ring is 1. The summed E-state index contributed by atoms with van der Waals surface area (Å²) in [6.45, 7) is 2.79. The van der Waals surface area contributed by atoms with E-state index in [9.17, 15) is 9.59 Å². The van der Waals surface area contributed by atoms with Crippen molar-refractivity contribution >= 4 is 17.5 Å². The van der Waals surface area contributed by atoms with Crippen molar-refractivity contribution in [2.75, 3.05) is 33.0 Å². The van der Waals surface area contributed by atoms with Gasteiger partial charge in [-0.3, -0.25) is 9.59 Å². The van der Waals surface area contributed by atoms with Crippen molar-refractivity contribution in [1.29, 1.82) is 0 Å². The monoisotopic (exact) mass is 434 g/mol. The van der Waals surface area contributed by atoms with E-state index in [0.29, 0.717) is 48.0 Å². The fourth-order valence-corrected chi connectivity index (χ4v) is 4.04. The summed E-state index contributed by atoms with van der Waals surface area (Å²) in [6, 6.07) is 12.9. The van der Waals surface area contributed by atoms with Crippen molar-refractivity contribution in [3.8, 4) is 17.2 Å². The van der Waals surface area contributed by atoms with Gasteiger partial charge in [0.1, 0.15) is 5.82 Å². The van der Waals surface area contributed by atoms with E-state index in [1.807, 2.05) is 31.2 Å². The number of anilines is 1. The minimum absolute atomic E-state index is 0.103. The van der Waals surface area contributed by atoms with Crippen LogP contribution in [0.2, 0.25) is 0 Å². The highest BCUT2D eigenvalue weighted by atomic mass is 16.5. The van der Waals surface area contributed by atoms with E-state index in [0.717, 1.165) is 11.3 Å². The molecule has 2 N–H and O–H groups in total. The summed E-state index contributed by atoms with van der Waals surface area (Å²) in [6.07, 6.45) is 2.07. The number of amides is 1. The highest BCUT2D eigenvalue weighted by Gasteiger charge is 2.34. The first kappa shape index (κ1) is 21.4. The Labute approximate surface area is 186 Å². The quantitative estimate of drug-likeness (QED) is 0.599. The minimum atomic E-state index is -0.339. The van der Waals surface area contributed by atoms with Crippen molar-refractivity contribution in [2.45, 2.75) is 13.3 Å². The van der Waals surface area contributed by atoms with Crippen LogP contribution >= 0.6 is 0 Å². The largest absolute Gasteiger partial charge is 0.493 e. The first-order valence-corrected chi connectivity index (χ1v) is 10.4. The van der Waals surface area contributed by atoms with E-state index in [2.05, 4.69) is 5.10 Å². The number of Topliss-reactive ketones (excluding diaryl/α,β-unsaturated/α-hetero) is 1. The number of methoxy groups -OCH3 is 2. The normalized spacial score (nSPS) is 15.6. The van der Waals surface area contributed by atoms with Gasteiger partial charge in [0.05, 0.1) is 37.2 Å². The van der Waals surface area contributed by atoms with E-state index in [4.69, 9.17) is 15.2 Å². The van der Waals surface area contributed by atoms with Gasteiger partial charge in [-0.15, -0.1) is 0 Å². The number of rotatable bonds is 6. The van der Waals surface area contributed by atoms with E-state index >= 15 is 0 Å². The lowest BCUT2D eigenvalue weighted by Crippen LogP contribution is -2.30. The Morgan fingerprint density at radius 2 is 1.81 bits per heavy atom. The Balaban J connectivity index is 1.51. The zero-order chi connectivity index (χ0) is 22.8. The van der Waals surface area contributed by atoms with Gasteiger partial charge in [0.2, 0.25) is 0 Å². The summed E-state index contributed by atoms with van der Waals surface area (Å²) in [4.78, 5) is 28.0. The molecule has 1 aromatic heterocycles. The Morgan fingerprint density at radius 3 is 2.50 bits per heavy atom. The predicted molar refractivity (Wildman–Crippen MR) is 121 cm³/mol. The number of nitrogens with two attached hydrogens (primary N) is 1. The summed E-state index contributed by atoms with van der Waals surface area (Å²) in [5.41, 5.74) is 8.97.